The van der Waals surface area contributed by atoms with Crippen LogP contribution in [0.1, 0.15) is 58.8 Å². The summed E-state index contributed by atoms with van der Waals surface area (Å²) in [6, 6.07) is 8.62. The first-order chi connectivity index (χ1) is 15.0. The van der Waals surface area contributed by atoms with Crippen LogP contribution in [0.2, 0.25) is 0 Å². The first-order valence-electron chi connectivity index (χ1n) is 11.0. The number of aromatic nitrogens is 2. The molecule has 2 aromatic rings. The van der Waals surface area contributed by atoms with Gasteiger partial charge >= 0.3 is 0 Å². The van der Waals surface area contributed by atoms with E-state index >= 15 is 0 Å². The Balaban J connectivity index is 1.73. The highest BCUT2D eigenvalue weighted by atomic mass is 14.8. The van der Waals surface area contributed by atoms with Crippen molar-refractivity contribution in [1.29, 1.82) is 0 Å². The van der Waals surface area contributed by atoms with Crippen molar-refractivity contribution in [3.63, 3.8) is 0 Å². The first kappa shape index (κ1) is 20.9. The zero-order chi connectivity index (χ0) is 22.0. The van der Waals surface area contributed by atoms with E-state index in [0.29, 0.717) is 0 Å². The van der Waals surface area contributed by atoms with Crippen molar-refractivity contribution in [3.8, 4) is 0 Å². The maximum Gasteiger partial charge on any atom is 0.0687 e. The van der Waals surface area contributed by atoms with E-state index in [4.69, 9.17) is 4.99 Å². The summed E-state index contributed by atoms with van der Waals surface area (Å²) in [6.45, 7) is 10.7. The van der Waals surface area contributed by atoms with Gasteiger partial charge in [-0.1, -0.05) is 13.8 Å². The van der Waals surface area contributed by atoms with Crippen LogP contribution < -0.4 is 10.7 Å². The van der Waals surface area contributed by atoms with Crippen LogP contribution in [-0.4, -0.2) is 21.9 Å². The summed E-state index contributed by atoms with van der Waals surface area (Å²) in [6.07, 6.45) is 12.0. The zero-order valence-electron chi connectivity index (χ0n) is 19.0. The first-order valence-corrected chi connectivity index (χ1v) is 11.0. The van der Waals surface area contributed by atoms with Crippen LogP contribution in [0.15, 0.2) is 75.5 Å². The van der Waals surface area contributed by atoms with Crippen LogP contribution in [0.4, 0.5) is 0 Å². The molecule has 4 rings (SSSR count). The molecular formula is C27H30N4. The molecule has 0 aromatic carbocycles. The van der Waals surface area contributed by atoms with Gasteiger partial charge in [0.2, 0.25) is 0 Å². The van der Waals surface area contributed by atoms with E-state index in [0.717, 1.165) is 63.2 Å². The molecular weight excluding hydrogens is 380 g/mol. The highest BCUT2D eigenvalue weighted by molar-refractivity contribution is 6.25. The normalized spacial score (nSPS) is 20.4. The summed E-state index contributed by atoms with van der Waals surface area (Å²) in [5.41, 5.74) is 10.3. The Morgan fingerprint density at radius 3 is 2.26 bits per heavy atom. The Hall–Kier alpha value is -3.40. The summed E-state index contributed by atoms with van der Waals surface area (Å²) in [5, 5.41) is 2.24. The van der Waals surface area contributed by atoms with Gasteiger partial charge < -0.3 is 9.97 Å². The molecule has 0 bridgehead atoms. The molecule has 0 atom stereocenters. The van der Waals surface area contributed by atoms with Crippen LogP contribution >= 0.6 is 0 Å². The number of nitrogens with zero attached hydrogens (tertiary/aromatic N) is 2. The Bertz CT molecular complexity index is 1300. The van der Waals surface area contributed by atoms with Gasteiger partial charge in [-0.2, -0.15) is 0 Å². The molecule has 0 aliphatic carbocycles. The molecule has 0 unspecified atom stereocenters. The Kier molecular flexibility index (Phi) is 5.90. The van der Waals surface area contributed by atoms with E-state index < -0.39 is 0 Å². The number of hydrogen-bond donors (Lipinski definition) is 2. The maximum atomic E-state index is 4.82. The van der Waals surface area contributed by atoms with Gasteiger partial charge in [0.15, 0.2) is 0 Å². The Labute approximate surface area is 183 Å². The molecule has 4 nitrogen and oxygen atoms in total. The summed E-state index contributed by atoms with van der Waals surface area (Å²) in [7, 11) is 0. The SMILES string of the molecule is CCC(c1ccc(C(C)=C2C=CC=N2)[nH]1)=c1ccc(=C(C)C2=N/C(=C(\C)CC)C=C2)[nH]1. The van der Waals surface area contributed by atoms with Gasteiger partial charge in [-0.05, 0) is 104 Å². The number of aliphatic imine (C=N–C) groups is 2. The minimum absolute atomic E-state index is 0.927. The second-order valence-electron chi connectivity index (χ2n) is 8.03. The predicted molar refractivity (Wildman–Crippen MR) is 133 cm³/mol. The van der Waals surface area contributed by atoms with Gasteiger partial charge in [-0.15, -0.1) is 0 Å². The van der Waals surface area contributed by atoms with Crippen molar-refractivity contribution in [3.05, 3.63) is 87.6 Å². The molecule has 0 amide bonds. The van der Waals surface area contributed by atoms with Crippen molar-refractivity contribution in [2.75, 3.05) is 0 Å². The molecule has 158 valence electrons. The van der Waals surface area contributed by atoms with Crippen molar-refractivity contribution < 1.29 is 0 Å². The van der Waals surface area contributed by atoms with E-state index in [-0.39, 0.29) is 0 Å². The van der Waals surface area contributed by atoms with E-state index in [9.17, 15) is 0 Å². The molecule has 2 N–H and O–H groups in total. The molecule has 4 heterocycles. The third-order valence-electron chi connectivity index (χ3n) is 6.11. The van der Waals surface area contributed by atoms with Crippen LogP contribution in [0.5, 0.6) is 0 Å². The lowest BCUT2D eigenvalue weighted by molar-refractivity contribution is 1.06. The van der Waals surface area contributed by atoms with Gasteiger partial charge in [-0.25, -0.2) is 4.99 Å². The lowest BCUT2D eigenvalue weighted by atomic mass is 10.1. The predicted octanol–water partition coefficient (Wildman–Crippen LogP) is 5.19. The van der Waals surface area contributed by atoms with Crippen LogP contribution in [0.25, 0.3) is 16.7 Å². The largest absolute Gasteiger partial charge is 0.355 e. The van der Waals surface area contributed by atoms with E-state index in [2.05, 4.69) is 86.0 Å². The van der Waals surface area contributed by atoms with Gasteiger partial charge in [-0.3, -0.25) is 4.99 Å². The Morgan fingerprint density at radius 2 is 1.55 bits per heavy atom. The molecule has 0 radical (unpaired) electrons. The van der Waals surface area contributed by atoms with Gasteiger partial charge in [0.05, 0.1) is 17.1 Å². The summed E-state index contributed by atoms with van der Waals surface area (Å²) < 4.78 is 0. The van der Waals surface area contributed by atoms with Gasteiger partial charge in [0.25, 0.3) is 0 Å². The number of allylic oxidation sites excluding steroid dienone is 6. The highest BCUT2D eigenvalue weighted by Gasteiger charge is 2.11. The molecule has 2 aliphatic heterocycles. The number of H-pyrrole nitrogens is 2. The topological polar surface area (TPSA) is 56.3 Å². The molecule has 0 saturated heterocycles. The molecule has 2 aromatic heterocycles. The number of rotatable bonds is 5. The van der Waals surface area contributed by atoms with Crippen molar-refractivity contribution in [1.82, 2.24) is 9.97 Å². The summed E-state index contributed by atoms with van der Waals surface area (Å²) in [4.78, 5) is 16.4. The third kappa shape index (κ3) is 4.11. The van der Waals surface area contributed by atoms with E-state index in [1.54, 1.807) is 0 Å². The molecule has 0 spiro atoms. The van der Waals surface area contributed by atoms with Crippen LogP contribution in [0, 0.1) is 0 Å². The quantitative estimate of drug-likeness (QED) is 0.682. The smallest absolute Gasteiger partial charge is 0.0687 e. The number of hydrogen-bond acceptors (Lipinski definition) is 2. The van der Waals surface area contributed by atoms with Crippen LogP contribution in [-0.2, 0) is 0 Å². The van der Waals surface area contributed by atoms with Crippen molar-refractivity contribution in [2.45, 2.75) is 47.5 Å². The van der Waals surface area contributed by atoms with Gasteiger partial charge in [0.1, 0.15) is 0 Å². The fourth-order valence-electron chi connectivity index (χ4n) is 3.89. The standard InChI is InChI=1S/C27H30N4/c1-6-17(3)21-10-11-24(29-21)19(5)25-13-15-27(31-25)20(7-2)26-14-12-23(30-26)18(4)22-9-8-16-28-22/h8-16,30-31H,6-7H2,1-5H3/b21-17+,22-18?,25-19?,27-20?. The second-order valence-corrected chi connectivity index (χ2v) is 8.03. The molecule has 0 fully saturated rings. The molecule has 0 saturated carbocycles. The van der Waals surface area contributed by atoms with Crippen molar-refractivity contribution >= 4 is 28.6 Å². The number of aromatic amines is 2. The van der Waals surface area contributed by atoms with Gasteiger partial charge in [0, 0.05) is 28.3 Å². The lowest BCUT2D eigenvalue weighted by Crippen LogP contribution is -2.17. The maximum absolute atomic E-state index is 4.82. The fourth-order valence-corrected chi connectivity index (χ4v) is 3.89. The van der Waals surface area contributed by atoms with Crippen molar-refractivity contribution in [2.24, 2.45) is 9.98 Å². The summed E-state index contributed by atoms with van der Waals surface area (Å²) in [5.74, 6) is 0. The number of nitrogens with one attached hydrogen (secondary N) is 2. The summed E-state index contributed by atoms with van der Waals surface area (Å²) >= 11 is 0. The molecule has 4 heteroatoms. The molecule has 31 heavy (non-hydrogen) atoms. The minimum atomic E-state index is 0.927. The second kappa shape index (κ2) is 8.76. The Morgan fingerprint density at radius 1 is 0.774 bits per heavy atom. The minimum Gasteiger partial charge on any atom is -0.355 e. The average molecular weight is 411 g/mol. The average Bonchev–Trinajstić information content (AvgIpc) is 3.58. The van der Waals surface area contributed by atoms with Crippen LogP contribution in [0.3, 0.4) is 0 Å². The highest BCUT2D eigenvalue weighted by Crippen LogP contribution is 2.24. The monoisotopic (exact) mass is 410 g/mol. The fraction of sp³-hybridized carbons (Fsp3) is 0.259. The zero-order valence-corrected chi connectivity index (χ0v) is 19.0. The lowest BCUT2D eigenvalue weighted by Gasteiger charge is -2.03. The third-order valence-corrected chi connectivity index (χ3v) is 6.11. The van der Waals surface area contributed by atoms with E-state index in [1.165, 1.54) is 11.1 Å². The van der Waals surface area contributed by atoms with E-state index in [1.807, 2.05) is 18.4 Å². The molecule has 2 aliphatic rings.